The van der Waals surface area contributed by atoms with Crippen LogP contribution in [0.15, 0.2) is 42.5 Å². The smallest absolute Gasteiger partial charge is 0.227 e. The number of hydrogen-bond acceptors (Lipinski definition) is 2. The molecule has 4 nitrogen and oxygen atoms in total. The van der Waals surface area contributed by atoms with Crippen LogP contribution in [0.25, 0.3) is 0 Å². The molecule has 0 aliphatic carbocycles. The van der Waals surface area contributed by atoms with E-state index in [-0.39, 0.29) is 30.2 Å². The number of fused-ring (bicyclic) bond motifs is 1. The van der Waals surface area contributed by atoms with Gasteiger partial charge in [0.05, 0.1) is 6.04 Å². The number of nitrogens with one attached hydrogen (secondary N) is 2. The van der Waals surface area contributed by atoms with E-state index >= 15 is 0 Å². The molecule has 0 aromatic heterocycles. The summed E-state index contributed by atoms with van der Waals surface area (Å²) in [6.45, 7) is 1.87. The van der Waals surface area contributed by atoms with Crippen molar-refractivity contribution in [2.45, 2.75) is 32.2 Å². The Morgan fingerprint density at radius 1 is 1.27 bits per heavy atom. The molecule has 26 heavy (non-hydrogen) atoms. The normalized spacial score (nSPS) is 17.2. The highest BCUT2D eigenvalue weighted by Crippen LogP contribution is 2.28. The molecule has 2 aromatic rings. The monoisotopic (exact) mass is 390 g/mol. The third-order valence-corrected chi connectivity index (χ3v) is 5.20. The standard InChI is InChI=1S/C20H20Cl2N2O2/c1-12(16-8-7-15(21)11-17(16)22)23-19(25)9-6-14-10-13-4-2-3-5-18(13)24-20(14)26/h2-5,7-8,11-12,14H,6,9-10H2,1H3,(H,23,25)(H,24,26)/t12-,14+/m0/s1. The van der Waals surface area contributed by atoms with Gasteiger partial charge >= 0.3 is 0 Å². The minimum absolute atomic E-state index is 0.0229. The minimum atomic E-state index is -0.229. The summed E-state index contributed by atoms with van der Waals surface area (Å²) in [4.78, 5) is 24.5. The molecule has 0 saturated carbocycles. The lowest BCUT2D eigenvalue weighted by Crippen LogP contribution is -2.32. The zero-order chi connectivity index (χ0) is 18.7. The van der Waals surface area contributed by atoms with E-state index in [1.807, 2.05) is 31.2 Å². The van der Waals surface area contributed by atoms with Crippen LogP contribution < -0.4 is 10.6 Å². The van der Waals surface area contributed by atoms with Gasteiger partial charge in [0.25, 0.3) is 0 Å². The van der Waals surface area contributed by atoms with Crippen LogP contribution in [0.1, 0.15) is 36.9 Å². The fraction of sp³-hybridized carbons (Fsp3) is 0.300. The first-order chi connectivity index (χ1) is 12.4. The number of carbonyl (C=O) groups excluding carboxylic acids is 2. The molecule has 0 spiro atoms. The summed E-state index contributed by atoms with van der Waals surface area (Å²) in [6.07, 6.45) is 1.46. The Kier molecular flexibility index (Phi) is 5.84. The highest BCUT2D eigenvalue weighted by molar-refractivity contribution is 6.35. The van der Waals surface area contributed by atoms with Crippen molar-refractivity contribution < 1.29 is 9.59 Å². The van der Waals surface area contributed by atoms with Gasteiger partial charge in [-0.1, -0.05) is 47.5 Å². The van der Waals surface area contributed by atoms with Crippen LogP contribution in [0, 0.1) is 5.92 Å². The van der Waals surface area contributed by atoms with Crippen molar-refractivity contribution in [2.24, 2.45) is 5.92 Å². The van der Waals surface area contributed by atoms with Gasteiger partial charge in [0.15, 0.2) is 0 Å². The lowest BCUT2D eigenvalue weighted by Gasteiger charge is -2.24. The van der Waals surface area contributed by atoms with E-state index in [1.54, 1.807) is 18.2 Å². The number of carbonyl (C=O) groups is 2. The van der Waals surface area contributed by atoms with Crippen molar-refractivity contribution in [1.29, 1.82) is 0 Å². The molecular formula is C20H20Cl2N2O2. The van der Waals surface area contributed by atoms with Crippen LogP contribution in [-0.2, 0) is 16.0 Å². The van der Waals surface area contributed by atoms with E-state index in [0.717, 1.165) is 16.8 Å². The van der Waals surface area contributed by atoms with E-state index in [2.05, 4.69) is 10.6 Å². The predicted octanol–water partition coefficient (Wildman–Crippen LogP) is 4.76. The number of para-hydroxylation sites is 1. The summed E-state index contributed by atoms with van der Waals surface area (Å²) >= 11 is 12.1. The molecule has 1 aliphatic heterocycles. The SMILES string of the molecule is C[C@H](NC(=O)CC[C@@H]1Cc2ccccc2NC1=O)c1ccc(Cl)cc1Cl. The Bertz CT molecular complexity index is 838. The molecule has 1 heterocycles. The maximum Gasteiger partial charge on any atom is 0.227 e. The predicted molar refractivity (Wildman–Crippen MR) is 105 cm³/mol. The van der Waals surface area contributed by atoms with Gasteiger partial charge in [0.2, 0.25) is 11.8 Å². The fourth-order valence-electron chi connectivity index (χ4n) is 3.20. The Morgan fingerprint density at radius 2 is 2.04 bits per heavy atom. The van der Waals surface area contributed by atoms with E-state index < -0.39 is 0 Å². The largest absolute Gasteiger partial charge is 0.350 e. The Balaban J connectivity index is 1.55. The molecule has 2 amide bonds. The van der Waals surface area contributed by atoms with Gasteiger partial charge in [0, 0.05) is 28.1 Å². The number of benzene rings is 2. The summed E-state index contributed by atoms with van der Waals surface area (Å²) in [7, 11) is 0. The van der Waals surface area contributed by atoms with E-state index in [9.17, 15) is 9.59 Å². The average molecular weight is 391 g/mol. The molecule has 1 aliphatic rings. The fourth-order valence-corrected chi connectivity index (χ4v) is 3.77. The first kappa shape index (κ1) is 18.7. The van der Waals surface area contributed by atoms with E-state index in [4.69, 9.17) is 23.2 Å². The molecule has 2 atom stereocenters. The van der Waals surface area contributed by atoms with Gasteiger partial charge in [-0.2, -0.15) is 0 Å². The lowest BCUT2D eigenvalue weighted by molar-refractivity contribution is -0.123. The average Bonchev–Trinajstić information content (AvgIpc) is 2.59. The zero-order valence-corrected chi connectivity index (χ0v) is 15.9. The molecule has 0 radical (unpaired) electrons. The van der Waals surface area contributed by atoms with Crippen LogP contribution >= 0.6 is 23.2 Å². The van der Waals surface area contributed by atoms with Gasteiger partial charge in [-0.25, -0.2) is 0 Å². The molecule has 0 bridgehead atoms. The second-order valence-corrected chi connectivity index (χ2v) is 7.38. The summed E-state index contributed by atoms with van der Waals surface area (Å²) < 4.78 is 0. The second kappa shape index (κ2) is 8.11. The number of rotatable bonds is 5. The molecule has 2 aromatic carbocycles. The quantitative estimate of drug-likeness (QED) is 0.772. The molecule has 0 saturated heterocycles. The van der Waals surface area contributed by atoms with Gasteiger partial charge in [-0.05, 0) is 49.1 Å². The molecule has 0 unspecified atom stereocenters. The van der Waals surface area contributed by atoms with Crippen LogP contribution in [0.5, 0.6) is 0 Å². The molecular weight excluding hydrogens is 371 g/mol. The highest BCUT2D eigenvalue weighted by Gasteiger charge is 2.26. The van der Waals surface area contributed by atoms with Crippen molar-refractivity contribution in [2.75, 3.05) is 5.32 Å². The first-order valence-corrected chi connectivity index (χ1v) is 9.32. The maximum absolute atomic E-state index is 12.3. The molecule has 6 heteroatoms. The van der Waals surface area contributed by atoms with Gasteiger partial charge < -0.3 is 10.6 Å². The molecule has 0 fully saturated rings. The Morgan fingerprint density at radius 3 is 2.81 bits per heavy atom. The van der Waals surface area contributed by atoms with E-state index in [1.165, 1.54) is 0 Å². The molecule has 2 N–H and O–H groups in total. The zero-order valence-electron chi connectivity index (χ0n) is 14.4. The summed E-state index contributed by atoms with van der Waals surface area (Å²) in [5, 5.41) is 6.92. The van der Waals surface area contributed by atoms with Crippen molar-refractivity contribution in [3.8, 4) is 0 Å². The van der Waals surface area contributed by atoms with Gasteiger partial charge in [0.1, 0.15) is 0 Å². The van der Waals surface area contributed by atoms with Gasteiger partial charge in [-0.3, -0.25) is 9.59 Å². The summed E-state index contributed by atoms with van der Waals surface area (Å²) in [6, 6.07) is 12.7. The first-order valence-electron chi connectivity index (χ1n) is 8.57. The van der Waals surface area contributed by atoms with Crippen LogP contribution in [0.3, 0.4) is 0 Å². The Hall–Kier alpha value is -2.04. The third kappa shape index (κ3) is 4.37. The van der Waals surface area contributed by atoms with Crippen molar-refractivity contribution >= 4 is 40.7 Å². The van der Waals surface area contributed by atoms with Crippen molar-refractivity contribution in [3.63, 3.8) is 0 Å². The topological polar surface area (TPSA) is 58.2 Å². The second-order valence-electron chi connectivity index (χ2n) is 6.54. The number of halogens is 2. The number of anilines is 1. The Labute approximate surface area is 162 Å². The highest BCUT2D eigenvalue weighted by atomic mass is 35.5. The summed E-state index contributed by atoms with van der Waals surface area (Å²) in [5.41, 5.74) is 2.79. The van der Waals surface area contributed by atoms with Crippen LogP contribution in [0.4, 0.5) is 5.69 Å². The molecule has 3 rings (SSSR count). The van der Waals surface area contributed by atoms with Gasteiger partial charge in [-0.15, -0.1) is 0 Å². The minimum Gasteiger partial charge on any atom is -0.350 e. The van der Waals surface area contributed by atoms with E-state index in [0.29, 0.717) is 22.9 Å². The third-order valence-electron chi connectivity index (χ3n) is 4.64. The lowest BCUT2D eigenvalue weighted by atomic mass is 9.89. The summed E-state index contributed by atoms with van der Waals surface area (Å²) in [5.74, 6) is -0.314. The van der Waals surface area contributed by atoms with Crippen LogP contribution in [-0.4, -0.2) is 11.8 Å². The number of hydrogen-bond donors (Lipinski definition) is 2. The number of amides is 2. The van der Waals surface area contributed by atoms with Crippen LogP contribution in [0.2, 0.25) is 10.0 Å². The van der Waals surface area contributed by atoms with Crippen molar-refractivity contribution in [1.82, 2.24) is 5.32 Å². The molecule has 136 valence electrons. The van der Waals surface area contributed by atoms with Crippen molar-refractivity contribution in [3.05, 3.63) is 63.6 Å². The maximum atomic E-state index is 12.3.